The highest BCUT2D eigenvalue weighted by molar-refractivity contribution is 5.85. The predicted molar refractivity (Wildman–Crippen MR) is 79.0 cm³/mol. The minimum Gasteiger partial charge on any atom is -0.453 e. The number of benzene rings is 1. The first-order chi connectivity index (χ1) is 10.2. The molecule has 1 aliphatic heterocycles. The lowest BCUT2D eigenvalue weighted by molar-refractivity contribution is -0.123. The van der Waals surface area contributed by atoms with Gasteiger partial charge in [0.25, 0.3) is 0 Å². The van der Waals surface area contributed by atoms with Crippen molar-refractivity contribution in [2.75, 3.05) is 13.7 Å². The van der Waals surface area contributed by atoms with Crippen LogP contribution in [0.2, 0.25) is 0 Å². The molecule has 21 heavy (non-hydrogen) atoms. The molecule has 112 valence electrons. The van der Waals surface area contributed by atoms with E-state index in [0.29, 0.717) is 18.7 Å². The molecule has 3 rings (SSSR count). The van der Waals surface area contributed by atoms with Gasteiger partial charge in [-0.3, -0.25) is 4.79 Å². The Hall–Kier alpha value is -1.84. The summed E-state index contributed by atoms with van der Waals surface area (Å²) in [6.45, 7) is 0.581. The van der Waals surface area contributed by atoms with Crippen molar-refractivity contribution in [1.82, 2.24) is 4.90 Å². The lowest BCUT2D eigenvalue weighted by atomic mass is 9.82. The lowest BCUT2D eigenvalue weighted by Crippen LogP contribution is -2.38. The highest BCUT2D eigenvalue weighted by Crippen LogP contribution is 2.42. The van der Waals surface area contributed by atoms with Crippen LogP contribution < -0.4 is 0 Å². The van der Waals surface area contributed by atoms with Gasteiger partial charge < -0.3 is 9.64 Å². The Balaban J connectivity index is 1.96. The van der Waals surface area contributed by atoms with E-state index in [1.165, 1.54) is 7.11 Å². The molecule has 3 atom stereocenters. The number of likely N-dealkylation sites (tertiary alicyclic amines) is 1. The van der Waals surface area contributed by atoms with Crippen LogP contribution in [0.4, 0.5) is 4.79 Å². The molecule has 1 aromatic carbocycles. The Bertz CT molecular complexity index is 528. The van der Waals surface area contributed by atoms with Gasteiger partial charge in [0, 0.05) is 30.8 Å². The number of fused-ring (bicyclic) bond motifs is 1. The molecule has 2 aliphatic rings. The van der Waals surface area contributed by atoms with Crippen LogP contribution in [-0.4, -0.2) is 36.5 Å². The molecular weight excluding hydrogens is 266 g/mol. The number of hydrogen-bond acceptors (Lipinski definition) is 3. The fraction of sp³-hybridized carbons (Fsp3) is 0.529. The summed E-state index contributed by atoms with van der Waals surface area (Å²) in [5.74, 6) is 0.327. The zero-order valence-electron chi connectivity index (χ0n) is 12.3. The topological polar surface area (TPSA) is 46.6 Å². The van der Waals surface area contributed by atoms with E-state index in [-0.39, 0.29) is 24.0 Å². The van der Waals surface area contributed by atoms with Gasteiger partial charge >= 0.3 is 6.09 Å². The van der Waals surface area contributed by atoms with E-state index in [9.17, 15) is 9.59 Å². The summed E-state index contributed by atoms with van der Waals surface area (Å²) in [5, 5.41) is 0. The number of amides is 1. The summed E-state index contributed by atoms with van der Waals surface area (Å²) in [7, 11) is 1.41. The molecule has 0 radical (unpaired) electrons. The van der Waals surface area contributed by atoms with Gasteiger partial charge in [-0.05, 0) is 18.4 Å². The molecule has 1 aliphatic carbocycles. The number of nitrogens with zero attached hydrogens (tertiary/aromatic N) is 1. The molecule has 1 heterocycles. The highest BCUT2D eigenvalue weighted by atomic mass is 16.5. The average Bonchev–Trinajstić information content (AvgIpc) is 2.81. The number of ketones is 1. The number of methoxy groups -OCH3 is 1. The van der Waals surface area contributed by atoms with Crippen molar-refractivity contribution < 1.29 is 14.3 Å². The van der Waals surface area contributed by atoms with E-state index in [2.05, 4.69) is 12.1 Å². The third kappa shape index (κ3) is 2.55. The SMILES string of the molecule is COC(=O)N1C[C@@H](c2ccccc2)[C@@H]2C(=O)CCCC[C@H]21. The molecule has 4 nitrogen and oxygen atoms in total. The lowest BCUT2D eigenvalue weighted by Gasteiger charge is -2.25. The van der Waals surface area contributed by atoms with E-state index in [1.54, 1.807) is 4.90 Å². The van der Waals surface area contributed by atoms with E-state index in [0.717, 1.165) is 24.8 Å². The monoisotopic (exact) mass is 287 g/mol. The van der Waals surface area contributed by atoms with Crippen LogP contribution in [0.1, 0.15) is 37.2 Å². The summed E-state index contributed by atoms with van der Waals surface area (Å²) in [5.41, 5.74) is 1.15. The van der Waals surface area contributed by atoms with Gasteiger partial charge in [-0.2, -0.15) is 0 Å². The van der Waals surface area contributed by atoms with Gasteiger partial charge in [0.1, 0.15) is 5.78 Å². The number of ether oxygens (including phenoxy) is 1. The van der Waals surface area contributed by atoms with Crippen molar-refractivity contribution in [2.45, 2.75) is 37.6 Å². The van der Waals surface area contributed by atoms with Gasteiger partial charge in [-0.15, -0.1) is 0 Å². The second kappa shape index (κ2) is 5.88. The molecule has 1 saturated heterocycles. The van der Waals surface area contributed by atoms with Crippen molar-refractivity contribution in [3.63, 3.8) is 0 Å². The molecule has 0 aromatic heterocycles. The summed E-state index contributed by atoms with van der Waals surface area (Å²) in [6.07, 6.45) is 3.16. The Morgan fingerprint density at radius 3 is 2.71 bits per heavy atom. The maximum absolute atomic E-state index is 12.6. The van der Waals surface area contributed by atoms with Gasteiger partial charge in [0.15, 0.2) is 0 Å². The molecule has 0 bridgehead atoms. The van der Waals surface area contributed by atoms with E-state index < -0.39 is 0 Å². The van der Waals surface area contributed by atoms with Gasteiger partial charge in [-0.1, -0.05) is 36.8 Å². The average molecular weight is 287 g/mol. The fourth-order valence-corrected chi connectivity index (χ4v) is 3.86. The predicted octanol–water partition coefficient (Wildman–Crippen LogP) is 2.98. The summed E-state index contributed by atoms with van der Waals surface area (Å²) in [4.78, 5) is 26.4. The molecule has 1 amide bonds. The maximum Gasteiger partial charge on any atom is 0.409 e. The quantitative estimate of drug-likeness (QED) is 0.797. The molecular formula is C17H21NO3. The van der Waals surface area contributed by atoms with Crippen LogP contribution in [0.25, 0.3) is 0 Å². The molecule has 0 unspecified atom stereocenters. The standard InChI is InChI=1S/C17H21NO3/c1-21-17(20)18-11-13(12-7-3-2-4-8-12)16-14(18)9-5-6-10-15(16)19/h2-4,7-8,13-14,16H,5-6,9-11H2,1H3/t13-,14+,16-/m0/s1. The van der Waals surface area contributed by atoms with Crippen molar-refractivity contribution >= 4 is 11.9 Å². The van der Waals surface area contributed by atoms with Crippen LogP contribution in [0.3, 0.4) is 0 Å². The van der Waals surface area contributed by atoms with Crippen molar-refractivity contribution in [2.24, 2.45) is 5.92 Å². The van der Waals surface area contributed by atoms with E-state index >= 15 is 0 Å². The van der Waals surface area contributed by atoms with Crippen LogP contribution in [0.5, 0.6) is 0 Å². The number of hydrogen-bond donors (Lipinski definition) is 0. The smallest absolute Gasteiger partial charge is 0.409 e. The second-order valence-corrected chi connectivity index (χ2v) is 5.94. The molecule has 0 spiro atoms. The first kappa shape index (κ1) is 14.1. The van der Waals surface area contributed by atoms with Crippen LogP contribution in [0, 0.1) is 5.92 Å². The Morgan fingerprint density at radius 1 is 1.24 bits per heavy atom. The first-order valence-corrected chi connectivity index (χ1v) is 7.64. The van der Waals surface area contributed by atoms with Crippen LogP contribution in [-0.2, 0) is 9.53 Å². The number of carbonyl (C=O) groups excluding carboxylic acids is 2. The number of Topliss-reactive ketones (excluding diaryl/α,β-unsaturated/α-hetero) is 1. The van der Waals surface area contributed by atoms with Gasteiger partial charge in [0.05, 0.1) is 7.11 Å². The third-order valence-electron chi connectivity index (χ3n) is 4.82. The normalized spacial score (nSPS) is 28.9. The van der Waals surface area contributed by atoms with E-state index in [1.807, 2.05) is 18.2 Å². The molecule has 1 aromatic rings. The highest BCUT2D eigenvalue weighted by Gasteiger charge is 2.48. The van der Waals surface area contributed by atoms with Crippen LogP contribution in [0.15, 0.2) is 30.3 Å². The Morgan fingerprint density at radius 2 is 2.00 bits per heavy atom. The maximum atomic E-state index is 12.6. The number of carbonyl (C=O) groups is 2. The van der Waals surface area contributed by atoms with E-state index in [4.69, 9.17) is 4.74 Å². The zero-order chi connectivity index (χ0) is 14.8. The summed E-state index contributed by atoms with van der Waals surface area (Å²) >= 11 is 0. The molecule has 1 saturated carbocycles. The van der Waals surface area contributed by atoms with Crippen LogP contribution >= 0.6 is 0 Å². The fourth-order valence-electron chi connectivity index (χ4n) is 3.86. The third-order valence-corrected chi connectivity index (χ3v) is 4.82. The van der Waals surface area contributed by atoms with Crippen molar-refractivity contribution in [3.8, 4) is 0 Å². The number of rotatable bonds is 1. The molecule has 2 fully saturated rings. The second-order valence-electron chi connectivity index (χ2n) is 5.94. The van der Waals surface area contributed by atoms with Gasteiger partial charge in [0.2, 0.25) is 0 Å². The molecule has 4 heteroatoms. The van der Waals surface area contributed by atoms with Gasteiger partial charge in [-0.25, -0.2) is 4.79 Å². The van der Waals surface area contributed by atoms with Crippen molar-refractivity contribution in [1.29, 1.82) is 0 Å². The minimum absolute atomic E-state index is 0.00217. The van der Waals surface area contributed by atoms with Crippen molar-refractivity contribution in [3.05, 3.63) is 35.9 Å². The first-order valence-electron chi connectivity index (χ1n) is 7.64. The largest absolute Gasteiger partial charge is 0.453 e. The minimum atomic E-state index is -0.307. The zero-order valence-corrected chi connectivity index (χ0v) is 12.3. The Kier molecular flexibility index (Phi) is 3.95. The molecule has 0 N–H and O–H groups in total. The summed E-state index contributed by atoms with van der Waals surface area (Å²) < 4.78 is 4.92. The summed E-state index contributed by atoms with van der Waals surface area (Å²) in [6, 6.07) is 10.1. The Labute approximate surface area is 125 Å².